The molecule has 1 aromatic carbocycles. The Hall–Kier alpha value is -2.03. The van der Waals surface area contributed by atoms with Gasteiger partial charge in [-0.2, -0.15) is 0 Å². The summed E-state index contributed by atoms with van der Waals surface area (Å²) in [7, 11) is 0. The van der Waals surface area contributed by atoms with Crippen LogP contribution < -0.4 is 4.90 Å². The van der Waals surface area contributed by atoms with Crippen LogP contribution in [0.3, 0.4) is 0 Å². The number of rotatable bonds is 3. The minimum Gasteiger partial charge on any atom is -0.463 e. The molecule has 1 aliphatic heterocycles. The largest absolute Gasteiger partial charge is 0.463 e. The SMILES string of the molecule is CCOC(=O)C1=CN(c2ccccc2)C=CC1. The highest BCUT2D eigenvalue weighted by atomic mass is 16.5. The summed E-state index contributed by atoms with van der Waals surface area (Å²) in [4.78, 5) is 13.6. The number of nitrogens with zero attached hydrogens (tertiary/aromatic N) is 1. The third kappa shape index (κ3) is 2.75. The molecule has 0 aliphatic carbocycles. The maximum Gasteiger partial charge on any atom is 0.335 e. The van der Waals surface area contributed by atoms with E-state index >= 15 is 0 Å². The number of para-hydroxylation sites is 1. The number of carbonyl (C=O) groups excluding carboxylic acids is 1. The Kier molecular flexibility index (Phi) is 3.60. The van der Waals surface area contributed by atoms with Gasteiger partial charge >= 0.3 is 5.97 Å². The number of anilines is 1. The standard InChI is InChI=1S/C14H15NO2/c1-2-17-14(16)12-7-6-10-15(11-12)13-8-4-3-5-9-13/h3-6,8-11H,2,7H2,1H3. The molecule has 0 aromatic heterocycles. The van der Waals surface area contributed by atoms with E-state index in [0.29, 0.717) is 18.6 Å². The van der Waals surface area contributed by atoms with E-state index in [0.717, 1.165) is 5.69 Å². The van der Waals surface area contributed by atoms with Gasteiger partial charge in [-0.05, 0) is 19.1 Å². The Morgan fingerprint density at radius 2 is 2.12 bits per heavy atom. The van der Waals surface area contributed by atoms with Crippen LogP contribution in [0, 0.1) is 0 Å². The molecule has 0 amide bonds. The van der Waals surface area contributed by atoms with Crippen molar-refractivity contribution in [2.75, 3.05) is 11.5 Å². The number of hydrogen-bond acceptors (Lipinski definition) is 3. The zero-order chi connectivity index (χ0) is 12.1. The summed E-state index contributed by atoms with van der Waals surface area (Å²) in [6.45, 7) is 2.22. The van der Waals surface area contributed by atoms with Crippen molar-refractivity contribution >= 4 is 11.7 Å². The lowest BCUT2D eigenvalue weighted by atomic mass is 10.1. The molecule has 0 spiro atoms. The average molecular weight is 229 g/mol. The number of benzene rings is 1. The van der Waals surface area contributed by atoms with Gasteiger partial charge in [-0.15, -0.1) is 0 Å². The molecule has 2 rings (SSSR count). The van der Waals surface area contributed by atoms with Crippen LogP contribution in [0.1, 0.15) is 13.3 Å². The first-order valence-corrected chi connectivity index (χ1v) is 5.69. The quantitative estimate of drug-likeness (QED) is 0.746. The molecule has 1 aliphatic rings. The van der Waals surface area contributed by atoms with E-state index < -0.39 is 0 Å². The van der Waals surface area contributed by atoms with Gasteiger partial charge in [0.1, 0.15) is 0 Å². The second-order valence-corrected chi connectivity index (χ2v) is 3.71. The van der Waals surface area contributed by atoms with Crippen molar-refractivity contribution in [3.63, 3.8) is 0 Å². The van der Waals surface area contributed by atoms with Crippen molar-refractivity contribution in [1.29, 1.82) is 0 Å². The van der Waals surface area contributed by atoms with Gasteiger partial charge in [-0.1, -0.05) is 24.3 Å². The Labute approximate surface area is 101 Å². The number of esters is 1. The molecule has 0 fully saturated rings. The van der Waals surface area contributed by atoms with Crippen LogP contribution in [-0.4, -0.2) is 12.6 Å². The number of hydrogen-bond donors (Lipinski definition) is 0. The highest BCUT2D eigenvalue weighted by Crippen LogP contribution is 2.20. The fourth-order valence-electron chi connectivity index (χ4n) is 1.68. The van der Waals surface area contributed by atoms with E-state index in [4.69, 9.17) is 4.74 Å². The fraction of sp³-hybridized carbons (Fsp3) is 0.214. The van der Waals surface area contributed by atoms with Crippen molar-refractivity contribution in [2.45, 2.75) is 13.3 Å². The highest BCUT2D eigenvalue weighted by Gasteiger charge is 2.14. The van der Waals surface area contributed by atoms with Gasteiger partial charge in [-0.3, -0.25) is 0 Å². The molecule has 0 atom stereocenters. The average Bonchev–Trinajstić information content (AvgIpc) is 2.40. The zero-order valence-electron chi connectivity index (χ0n) is 9.80. The van der Waals surface area contributed by atoms with Crippen LogP contribution in [-0.2, 0) is 9.53 Å². The van der Waals surface area contributed by atoms with Crippen molar-refractivity contribution in [3.8, 4) is 0 Å². The van der Waals surface area contributed by atoms with Crippen molar-refractivity contribution in [3.05, 3.63) is 54.4 Å². The monoisotopic (exact) mass is 229 g/mol. The lowest BCUT2D eigenvalue weighted by molar-refractivity contribution is -0.138. The summed E-state index contributed by atoms with van der Waals surface area (Å²) in [6.07, 6.45) is 6.37. The summed E-state index contributed by atoms with van der Waals surface area (Å²) >= 11 is 0. The van der Waals surface area contributed by atoms with E-state index in [1.54, 1.807) is 0 Å². The topological polar surface area (TPSA) is 29.5 Å². The molecule has 17 heavy (non-hydrogen) atoms. The van der Waals surface area contributed by atoms with E-state index in [1.165, 1.54) is 0 Å². The molecule has 0 radical (unpaired) electrons. The molecule has 0 N–H and O–H groups in total. The van der Waals surface area contributed by atoms with E-state index in [-0.39, 0.29) is 5.97 Å². The predicted octanol–water partition coefficient (Wildman–Crippen LogP) is 2.86. The summed E-state index contributed by atoms with van der Waals surface area (Å²) in [6, 6.07) is 9.89. The summed E-state index contributed by atoms with van der Waals surface area (Å²) in [5.74, 6) is -0.238. The van der Waals surface area contributed by atoms with Gasteiger partial charge in [0, 0.05) is 24.5 Å². The summed E-state index contributed by atoms with van der Waals surface area (Å²) < 4.78 is 5.00. The van der Waals surface area contributed by atoms with Crippen LogP contribution in [0.25, 0.3) is 0 Å². The van der Waals surface area contributed by atoms with Crippen LogP contribution in [0.5, 0.6) is 0 Å². The smallest absolute Gasteiger partial charge is 0.335 e. The van der Waals surface area contributed by atoms with Crippen molar-refractivity contribution < 1.29 is 9.53 Å². The minimum absolute atomic E-state index is 0.238. The first-order valence-electron chi connectivity index (χ1n) is 5.69. The van der Waals surface area contributed by atoms with Gasteiger partial charge in [0.25, 0.3) is 0 Å². The van der Waals surface area contributed by atoms with Crippen LogP contribution in [0.4, 0.5) is 5.69 Å². The Morgan fingerprint density at radius 1 is 1.35 bits per heavy atom. The second kappa shape index (κ2) is 5.34. The van der Waals surface area contributed by atoms with Crippen LogP contribution >= 0.6 is 0 Å². The Bertz CT molecular complexity index is 449. The molecule has 1 heterocycles. The molecular formula is C14H15NO2. The zero-order valence-corrected chi connectivity index (χ0v) is 9.80. The Balaban J connectivity index is 2.17. The van der Waals surface area contributed by atoms with Crippen molar-refractivity contribution in [1.82, 2.24) is 0 Å². The normalized spacial score (nSPS) is 14.4. The molecule has 0 bridgehead atoms. The highest BCUT2D eigenvalue weighted by molar-refractivity contribution is 5.89. The van der Waals surface area contributed by atoms with E-state index in [9.17, 15) is 4.79 Å². The molecule has 0 saturated heterocycles. The summed E-state index contributed by atoms with van der Waals surface area (Å²) in [5.41, 5.74) is 1.71. The minimum atomic E-state index is -0.238. The fourth-order valence-corrected chi connectivity index (χ4v) is 1.68. The van der Waals surface area contributed by atoms with Crippen molar-refractivity contribution in [2.24, 2.45) is 0 Å². The van der Waals surface area contributed by atoms with E-state index in [1.807, 2.05) is 60.6 Å². The molecule has 0 saturated carbocycles. The van der Waals surface area contributed by atoms with Gasteiger partial charge < -0.3 is 9.64 Å². The predicted molar refractivity (Wildman–Crippen MR) is 67.4 cm³/mol. The summed E-state index contributed by atoms with van der Waals surface area (Å²) in [5, 5.41) is 0. The van der Waals surface area contributed by atoms with Crippen LogP contribution in [0.2, 0.25) is 0 Å². The molecule has 0 unspecified atom stereocenters. The van der Waals surface area contributed by atoms with Gasteiger partial charge in [0.15, 0.2) is 0 Å². The van der Waals surface area contributed by atoms with Gasteiger partial charge in [0.2, 0.25) is 0 Å². The first kappa shape index (κ1) is 11.5. The molecule has 88 valence electrons. The molecule has 3 nitrogen and oxygen atoms in total. The maximum atomic E-state index is 11.6. The maximum absolute atomic E-state index is 11.6. The van der Waals surface area contributed by atoms with E-state index in [2.05, 4.69) is 0 Å². The molecule has 1 aromatic rings. The van der Waals surface area contributed by atoms with Gasteiger partial charge in [-0.25, -0.2) is 4.79 Å². The number of allylic oxidation sites excluding steroid dienone is 1. The first-order chi connectivity index (χ1) is 8.31. The molecule has 3 heteroatoms. The number of carbonyl (C=O) groups is 1. The van der Waals surface area contributed by atoms with Crippen LogP contribution in [0.15, 0.2) is 54.4 Å². The second-order valence-electron chi connectivity index (χ2n) is 3.71. The Morgan fingerprint density at radius 3 is 2.82 bits per heavy atom. The third-order valence-corrected chi connectivity index (χ3v) is 2.49. The molecular weight excluding hydrogens is 214 g/mol. The lowest BCUT2D eigenvalue weighted by Crippen LogP contribution is -2.17. The third-order valence-electron chi connectivity index (χ3n) is 2.49. The number of ether oxygens (including phenoxy) is 1. The lowest BCUT2D eigenvalue weighted by Gasteiger charge is -2.20. The van der Waals surface area contributed by atoms with Gasteiger partial charge in [0.05, 0.1) is 12.2 Å².